The first-order chi connectivity index (χ1) is 15.6. The van der Waals surface area contributed by atoms with Crippen LogP contribution in [0.4, 0.5) is 0 Å². The lowest BCUT2D eigenvalue weighted by Crippen LogP contribution is -2.25. The van der Waals surface area contributed by atoms with Gasteiger partial charge in [0.05, 0.1) is 23.8 Å². The van der Waals surface area contributed by atoms with E-state index in [1.165, 1.54) is 11.1 Å². The van der Waals surface area contributed by atoms with Gasteiger partial charge < -0.3 is 9.30 Å². The zero-order chi connectivity index (χ0) is 22.6. The second kappa shape index (κ2) is 9.90. The van der Waals surface area contributed by atoms with Crippen molar-refractivity contribution >= 4 is 28.3 Å². The number of unbranched alkanes of at least 4 members (excludes halogenated alkanes) is 1. The summed E-state index contributed by atoms with van der Waals surface area (Å²) < 4.78 is 8.38. The van der Waals surface area contributed by atoms with Crippen LogP contribution in [0.1, 0.15) is 73.4 Å². The smallest absolute Gasteiger partial charge is 0.165 e. The Morgan fingerprint density at radius 3 is 2.88 bits per heavy atom. The molecule has 0 N–H and O–H groups in total. The third kappa shape index (κ3) is 4.46. The van der Waals surface area contributed by atoms with E-state index in [0.29, 0.717) is 31.0 Å². The van der Waals surface area contributed by atoms with Gasteiger partial charge in [0.15, 0.2) is 5.78 Å². The maximum Gasteiger partial charge on any atom is 0.165 e. The highest BCUT2D eigenvalue weighted by atomic mass is 35.5. The van der Waals surface area contributed by atoms with E-state index >= 15 is 0 Å². The van der Waals surface area contributed by atoms with Crippen LogP contribution in [0, 0.1) is 11.3 Å². The zero-order valence-corrected chi connectivity index (χ0v) is 19.3. The van der Waals surface area contributed by atoms with Crippen molar-refractivity contribution in [3.8, 4) is 6.07 Å². The molecule has 166 valence electrons. The molecule has 0 aliphatic carbocycles. The minimum atomic E-state index is -0.273. The fourth-order valence-corrected chi connectivity index (χ4v) is 5.16. The molecule has 32 heavy (non-hydrogen) atoms. The monoisotopic (exact) mass is 448 g/mol. The summed E-state index contributed by atoms with van der Waals surface area (Å²) in [4.78, 5) is 13.2. The van der Waals surface area contributed by atoms with Crippen LogP contribution in [0.15, 0.2) is 48.7 Å². The van der Waals surface area contributed by atoms with Gasteiger partial charge in [-0.2, -0.15) is 5.26 Å². The number of aryl methyl sites for hydroxylation is 1. The molecule has 2 heterocycles. The summed E-state index contributed by atoms with van der Waals surface area (Å²) in [6.45, 7) is 3.53. The molecule has 5 heteroatoms. The molecule has 1 atom stereocenters. The third-order valence-electron chi connectivity index (χ3n) is 6.48. The van der Waals surface area contributed by atoms with Crippen molar-refractivity contribution in [1.29, 1.82) is 5.26 Å². The lowest BCUT2D eigenvalue weighted by molar-refractivity contribution is -0.0525. The van der Waals surface area contributed by atoms with Crippen LogP contribution in [0.2, 0.25) is 5.02 Å². The quantitative estimate of drug-likeness (QED) is 0.244. The van der Waals surface area contributed by atoms with Crippen molar-refractivity contribution in [3.05, 3.63) is 70.4 Å². The lowest BCUT2D eigenvalue weighted by Gasteiger charge is -2.29. The number of hydrogen-bond acceptors (Lipinski definition) is 3. The number of Topliss-reactive ketones (excluding diaryl/α,β-unsaturated/α-hetero) is 1. The minimum absolute atomic E-state index is 0.147. The molecule has 1 unspecified atom stereocenters. The first-order valence-corrected chi connectivity index (χ1v) is 11.9. The predicted molar refractivity (Wildman–Crippen MR) is 128 cm³/mol. The number of ether oxygens (including phenoxy) is 1. The first kappa shape index (κ1) is 22.6. The van der Waals surface area contributed by atoms with Gasteiger partial charge in [0.25, 0.3) is 0 Å². The number of rotatable bonds is 10. The Bertz CT molecular complexity index is 1160. The van der Waals surface area contributed by atoms with Gasteiger partial charge in [0.1, 0.15) is 0 Å². The van der Waals surface area contributed by atoms with E-state index in [2.05, 4.69) is 41.8 Å². The van der Waals surface area contributed by atoms with Gasteiger partial charge in [-0.3, -0.25) is 4.79 Å². The Hall–Kier alpha value is -2.61. The van der Waals surface area contributed by atoms with Crippen molar-refractivity contribution in [2.24, 2.45) is 0 Å². The highest BCUT2D eigenvalue weighted by Crippen LogP contribution is 2.43. The molecule has 1 aliphatic rings. The number of fused-ring (bicyclic) bond motifs is 2. The Morgan fingerprint density at radius 2 is 2.06 bits per heavy atom. The van der Waals surface area contributed by atoms with Gasteiger partial charge in [0, 0.05) is 41.6 Å². The molecule has 4 rings (SSSR count). The molecule has 1 aromatic heterocycles. The molecular weight excluding hydrogens is 420 g/mol. The van der Waals surface area contributed by atoms with E-state index in [1.54, 1.807) is 0 Å². The summed E-state index contributed by atoms with van der Waals surface area (Å²) >= 11 is 6.22. The second-order valence-corrected chi connectivity index (χ2v) is 9.06. The van der Waals surface area contributed by atoms with E-state index in [4.69, 9.17) is 21.6 Å². The molecule has 0 saturated heterocycles. The number of hydrogen-bond donors (Lipinski definition) is 0. The summed E-state index contributed by atoms with van der Waals surface area (Å²) in [6.07, 6.45) is 7.29. The van der Waals surface area contributed by atoms with E-state index in [1.807, 2.05) is 24.4 Å². The number of nitriles is 1. The number of nitrogens with zero attached hydrogens (tertiary/aromatic N) is 2. The van der Waals surface area contributed by atoms with Crippen LogP contribution in [0.25, 0.3) is 10.9 Å². The standard InChI is InChI=1S/C27H29ClN2O2/c1-2-13-27(24-9-4-3-8-20(24)19-32-27)14-7-10-26(31)23-18-30(16-6-5-15-29)25-17-21(28)11-12-22(23)25/h3-4,8-9,11-12,17-18H,2,5-7,10,13-14,16,19H2,1H3. The first-order valence-electron chi connectivity index (χ1n) is 11.5. The van der Waals surface area contributed by atoms with Crippen LogP contribution in [-0.2, 0) is 23.5 Å². The summed E-state index contributed by atoms with van der Waals surface area (Å²) in [6, 6.07) is 16.3. The molecule has 4 nitrogen and oxygen atoms in total. The topological polar surface area (TPSA) is 55.0 Å². The van der Waals surface area contributed by atoms with Crippen LogP contribution in [-0.4, -0.2) is 10.4 Å². The van der Waals surface area contributed by atoms with Gasteiger partial charge in [0.2, 0.25) is 0 Å². The molecule has 0 saturated carbocycles. The molecule has 0 bridgehead atoms. The van der Waals surface area contributed by atoms with Crippen molar-refractivity contribution in [3.63, 3.8) is 0 Å². The Labute approximate surface area is 194 Å². The number of carbonyl (C=O) groups is 1. The number of benzene rings is 2. The van der Waals surface area contributed by atoms with Crippen molar-refractivity contribution in [2.75, 3.05) is 0 Å². The molecule has 0 amide bonds. The third-order valence-corrected chi connectivity index (χ3v) is 6.72. The maximum absolute atomic E-state index is 13.2. The Morgan fingerprint density at radius 1 is 1.22 bits per heavy atom. The normalized spacial score (nSPS) is 17.4. The van der Waals surface area contributed by atoms with Gasteiger partial charge >= 0.3 is 0 Å². The fourth-order valence-electron chi connectivity index (χ4n) is 5.00. The van der Waals surface area contributed by atoms with Crippen LogP contribution < -0.4 is 0 Å². The van der Waals surface area contributed by atoms with E-state index in [-0.39, 0.29) is 11.4 Å². The van der Waals surface area contributed by atoms with Gasteiger partial charge in [-0.25, -0.2) is 0 Å². The van der Waals surface area contributed by atoms with Crippen LogP contribution >= 0.6 is 11.6 Å². The number of halogens is 1. The largest absolute Gasteiger partial charge is 0.366 e. The molecule has 0 spiro atoms. The van der Waals surface area contributed by atoms with E-state index in [9.17, 15) is 4.79 Å². The molecule has 0 fully saturated rings. The van der Waals surface area contributed by atoms with Gasteiger partial charge in [-0.1, -0.05) is 55.3 Å². The van der Waals surface area contributed by atoms with Gasteiger partial charge in [-0.05, 0) is 48.9 Å². The highest BCUT2D eigenvalue weighted by molar-refractivity contribution is 6.31. The summed E-state index contributed by atoms with van der Waals surface area (Å²) in [5.41, 5.74) is 3.98. The Kier molecular flexibility index (Phi) is 6.98. The Balaban J connectivity index is 1.50. The fraction of sp³-hybridized carbons (Fsp3) is 0.407. The number of carbonyl (C=O) groups excluding carboxylic acids is 1. The average molecular weight is 449 g/mol. The van der Waals surface area contributed by atoms with Crippen molar-refractivity contribution < 1.29 is 9.53 Å². The molecular formula is C27H29ClN2O2. The van der Waals surface area contributed by atoms with E-state index < -0.39 is 0 Å². The van der Waals surface area contributed by atoms with E-state index in [0.717, 1.165) is 48.6 Å². The van der Waals surface area contributed by atoms with Gasteiger partial charge in [-0.15, -0.1) is 0 Å². The summed E-state index contributed by atoms with van der Waals surface area (Å²) in [5.74, 6) is 0.147. The zero-order valence-electron chi connectivity index (χ0n) is 18.6. The molecule has 2 aromatic carbocycles. The summed E-state index contributed by atoms with van der Waals surface area (Å²) in [5, 5.41) is 10.4. The van der Waals surface area contributed by atoms with Crippen molar-refractivity contribution in [2.45, 2.75) is 70.6 Å². The molecule has 1 aliphatic heterocycles. The van der Waals surface area contributed by atoms with Crippen molar-refractivity contribution in [1.82, 2.24) is 4.57 Å². The molecule has 3 aromatic rings. The highest BCUT2D eigenvalue weighted by Gasteiger charge is 2.38. The molecule has 0 radical (unpaired) electrons. The summed E-state index contributed by atoms with van der Waals surface area (Å²) in [7, 11) is 0. The maximum atomic E-state index is 13.2. The van der Waals surface area contributed by atoms with Crippen LogP contribution in [0.3, 0.4) is 0 Å². The number of aromatic nitrogens is 1. The average Bonchev–Trinajstić information content (AvgIpc) is 3.33. The minimum Gasteiger partial charge on any atom is -0.366 e. The number of ketones is 1. The SMILES string of the molecule is CCCC1(CCCC(=O)c2cn(CCCC#N)c3cc(Cl)ccc23)OCc2ccccc21. The van der Waals surface area contributed by atoms with Crippen LogP contribution in [0.5, 0.6) is 0 Å². The lowest BCUT2D eigenvalue weighted by atomic mass is 9.83. The second-order valence-electron chi connectivity index (χ2n) is 8.63. The predicted octanol–water partition coefficient (Wildman–Crippen LogP) is 7.18.